The van der Waals surface area contributed by atoms with Gasteiger partial charge < -0.3 is 15.0 Å². The molecule has 128 valence electrons. The van der Waals surface area contributed by atoms with Crippen molar-refractivity contribution in [2.45, 2.75) is 32.7 Å². The maximum atomic E-state index is 12.0. The fourth-order valence-corrected chi connectivity index (χ4v) is 2.99. The van der Waals surface area contributed by atoms with E-state index >= 15 is 0 Å². The molecule has 1 saturated heterocycles. The van der Waals surface area contributed by atoms with Crippen molar-refractivity contribution in [2.24, 2.45) is 0 Å². The van der Waals surface area contributed by atoms with Gasteiger partial charge in [0.25, 0.3) is 0 Å². The highest BCUT2D eigenvalue weighted by atomic mass is 16.5. The van der Waals surface area contributed by atoms with Crippen molar-refractivity contribution in [2.75, 3.05) is 44.7 Å². The Morgan fingerprint density at radius 1 is 1.22 bits per heavy atom. The second-order valence-corrected chi connectivity index (χ2v) is 6.22. The minimum Gasteiger partial charge on any atom is -0.497 e. The Morgan fingerprint density at radius 2 is 1.87 bits per heavy atom. The van der Waals surface area contributed by atoms with Crippen LogP contribution in [0.3, 0.4) is 0 Å². The van der Waals surface area contributed by atoms with Crippen molar-refractivity contribution >= 4 is 11.6 Å². The molecule has 1 fully saturated rings. The van der Waals surface area contributed by atoms with Gasteiger partial charge in [0.2, 0.25) is 5.91 Å². The Hall–Kier alpha value is -1.75. The van der Waals surface area contributed by atoms with E-state index in [0.29, 0.717) is 6.54 Å². The van der Waals surface area contributed by atoms with Crippen LogP contribution in [0.5, 0.6) is 5.75 Å². The third kappa shape index (κ3) is 5.43. The minimum absolute atomic E-state index is 0.142. The lowest BCUT2D eigenvalue weighted by Gasteiger charge is -2.36. The van der Waals surface area contributed by atoms with E-state index in [2.05, 4.69) is 41.1 Å². The molecule has 0 spiro atoms. The quantitative estimate of drug-likeness (QED) is 0.836. The number of methoxy groups -OCH3 is 1. The van der Waals surface area contributed by atoms with E-state index in [1.54, 1.807) is 7.11 Å². The van der Waals surface area contributed by atoms with Gasteiger partial charge in [0.15, 0.2) is 0 Å². The first-order chi connectivity index (χ1) is 11.1. The van der Waals surface area contributed by atoms with Crippen LogP contribution in [0.1, 0.15) is 26.7 Å². The summed E-state index contributed by atoms with van der Waals surface area (Å²) in [4.78, 5) is 16.6. The van der Waals surface area contributed by atoms with Crippen molar-refractivity contribution in [3.8, 4) is 5.75 Å². The van der Waals surface area contributed by atoms with Gasteiger partial charge in [0, 0.05) is 37.9 Å². The molecule has 0 saturated carbocycles. The molecule has 0 aromatic heterocycles. The van der Waals surface area contributed by atoms with E-state index in [4.69, 9.17) is 4.74 Å². The number of anilines is 1. The van der Waals surface area contributed by atoms with Gasteiger partial charge in [-0.05, 0) is 37.6 Å². The van der Waals surface area contributed by atoms with Crippen LogP contribution in [0, 0.1) is 0 Å². The topological polar surface area (TPSA) is 44.8 Å². The average molecular weight is 319 g/mol. The molecule has 2 rings (SSSR count). The summed E-state index contributed by atoms with van der Waals surface area (Å²) >= 11 is 0. The lowest BCUT2D eigenvalue weighted by molar-refractivity contribution is -0.122. The maximum Gasteiger partial charge on any atom is 0.234 e. The number of benzene rings is 1. The molecule has 1 aliphatic rings. The van der Waals surface area contributed by atoms with E-state index in [1.165, 1.54) is 5.69 Å². The third-order valence-corrected chi connectivity index (χ3v) is 4.31. The first-order valence-corrected chi connectivity index (χ1v) is 8.53. The molecule has 1 N–H and O–H groups in total. The van der Waals surface area contributed by atoms with E-state index in [1.807, 2.05) is 12.1 Å². The van der Waals surface area contributed by atoms with Crippen molar-refractivity contribution in [3.05, 3.63) is 24.3 Å². The van der Waals surface area contributed by atoms with Crippen molar-refractivity contribution in [1.29, 1.82) is 0 Å². The lowest BCUT2D eigenvalue weighted by atomic mass is 10.2. The standard InChI is InChI=1S/C18H29N3O2/c1-4-5-15(2)19-18(22)14-20-10-12-21(13-11-20)16-6-8-17(23-3)9-7-16/h6-9,15H,4-5,10-14H2,1-3H3,(H,19,22)/t15-/m1/s1. The summed E-state index contributed by atoms with van der Waals surface area (Å²) in [5, 5.41) is 3.08. The molecule has 1 atom stereocenters. The molecule has 1 aliphatic heterocycles. The Kier molecular flexibility index (Phi) is 6.71. The van der Waals surface area contributed by atoms with E-state index < -0.39 is 0 Å². The maximum absolute atomic E-state index is 12.0. The number of ether oxygens (including phenoxy) is 1. The average Bonchev–Trinajstić information content (AvgIpc) is 2.56. The second-order valence-electron chi connectivity index (χ2n) is 6.22. The van der Waals surface area contributed by atoms with Gasteiger partial charge in [-0.25, -0.2) is 0 Å². The summed E-state index contributed by atoms with van der Waals surface area (Å²) in [6.45, 7) is 8.45. The predicted molar refractivity (Wildman–Crippen MR) is 94.2 cm³/mol. The normalized spacial score (nSPS) is 16.9. The molecule has 1 amide bonds. The molecule has 0 aliphatic carbocycles. The highest BCUT2D eigenvalue weighted by molar-refractivity contribution is 5.78. The zero-order valence-corrected chi connectivity index (χ0v) is 14.5. The van der Waals surface area contributed by atoms with Crippen LogP contribution >= 0.6 is 0 Å². The zero-order valence-electron chi connectivity index (χ0n) is 14.5. The van der Waals surface area contributed by atoms with Gasteiger partial charge in [-0.1, -0.05) is 13.3 Å². The summed E-state index contributed by atoms with van der Waals surface area (Å²) in [6.07, 6.45) is 2.14. The fraction of sp³-hybridized carbons (Fsp3) is 0.611. The van der Waals surface area contributed by atoms with Crippen LogP contribution in [0.2, 0.25) is 0 Å². The fourth-order valence-electron chi connectivity index (χ4n) is 2.99. The van der Waals surface area contributed by atoms with Gasteiger partial charge in [-0.2, -0.15) is 0 Å². The monoisotopic (exact) mass is 319 g/mol. The van der Waals surface area contributed by atoms with Gasteiger partial charge in [-0.15, -0.1) is 0 Å². The van der Waals surface area contributed by atoms with Gasteiger partial charge in [-0.3, -0.25) is 9.69 Å². The van der Waals surface area contributed by atoms with Crippen molar-refractivity contribution in [1.82, 2.24) is 10.2 Å². The molecule has 0 unspecified atom stereocenters. The highest BCUT2D eigenvalue weighted by Gasteiger charge is 2.19. The van der Waals surface area contributed by atoms with Gasteiger partial charge in [0.05, 0.1) is 13.7 Å². The third-order valence-electron chi connectivity index (χ3n) is 4.31. The first-order valence-electron chi connectivity index (χ1n) is 8.53. The summed E-state index contributed by atoms with van der Waals surface area (Å²) in [6, 6.07) is 8.43. The molecule has 23 heavy (non-hydrogen) atoms. The number of amides is 1. The predicted octanol–water partition coefficient (Wildman–Crippen LogP) is 2.12. The molecule has 0 radical (unpaired) electrons. The van der Waals surface area contributed by atoms with Crippen molar-refractivity contribution in [3.63, 3.8) is 0 Å². The number of nitrogens with one attached hydrogen (secondary N) is 1. The van der Waals surface area contributed by atoms with E-state index in [0.717, 1.165) is 44.8 Å². The van der Waals surface area contributed by atoms with Crippen LogP contribution in [0.25, 0.3) is 0 Å². The summed E-state index contributed by atoms with van der Waals surface area (Å²) in [5.41, 5.74) is 1.21. The van der Waals surface area contributed by atoms with Crippen LogP contribution in [-0.4, -0.2) is 56.7 Å². The number of hydrogen-bond donors (Lipinski definition) is 1. The molecular weight excluding hydrogens is 290 g/mol. The molecule has 1 aromatic rings. The number of nitrogens with zero attached hydrogens (tertiary/aromatic N) is 2. The Labute approximate surface area is 139 Å². The van der Waals surface area contributed by atoms with Crippen LogP contribution in [-0.2, 0) is 4.79 Å². The summed E-state index contributed by atoms with van der Waals surface area (Å²) < 4.78 is 5.20. The number of rotatable bonds is 7. The molecule has 1 heterocycles. The molecule has 5 heteroatoms. The molecule has 5 nitrogen and oxygen atoms in total. The Balaban J connectivity index is 1.75. The smallest absolute Gasteiger partial charge is 0.234 e. The molecule has 0 bridgehead atoms. The van der Waals surface area contributed by atoms with Gasteiger partial charge >= 0.3 is 0 Å². The largest absolute Gasteiger partial charge is 0.497 e. The molecular formula is C18H29N3O2. The van der Waals surface area contributed by atoms with Crippen LogP contribution in [0.4, 0.5) is 5.69 Å². The SMILES string of the molecule is CCC[C@@H](C)NC(=O)CN1CCN(c2ccc(OC)cc2)CC1. The van der Waals surface area contributed by atoms with Gasteiger partial charge in [0.1, 0.15) is 5.75 Å². The van der Waals surface area contributed by atoms with Crippen LogP contribution < -0.4 is 15.0 Å². The van der Waals surface area contributed by atoms with E-state index in [-0.39, 0.29) is 11.9 Å². The summed E-state index contributed by atoms with van der Waals surface area (Å²) in [7, 11) is 1.68. The molecule has 1 aromatic carbocycles. The Morgan fingerprint density at radius 3 is 2.43 bits per heavy atom. The van der Waals surface area contributed by atoms with Crippen molar-refractivity contribution < 1.29 is 9.53 Å². The first kappa shape index (κ1) is 17.6. The second kappa shape index (κ2) is 8.77. The zero-order chi connectivity index (χ0) is 16.7. The van der Waals surface area contributed by atoms with E-state index in [9.17, 15) is 4.79 Å². The number of piperazine rings is 1. The number of hydrogen-bond acceptors (Lipinski definition) is 4. The number of carbonyl (C=O) groups excluding carboxylic acids is 1. The number of carbonyl (C=O) groups is 1. The highest BCUT2D eigenvalue weighted by Crippen LogP contribution is 2.20. The minimum atomic E-state index is 0.142. The van der Waals surface area contributed by atoms with Crippen LogP contribution in [0.15, 0.2) is 24.3 Å². The lowest BCUT2D eigenvalue weighted by Crippen LogP contribution is -2.50. The Bertz CT molecular complexity index is 482. The summed E-state index contributed by atoms with van der Waals surface area (Å²) in [5.74, 6) is 1.02.